The lowest BCUT2D eigenvalue weighted by Gasteiger charge is -2.29. The van der Waals surface area contributed by atoms with Crippen LogP contribution in [0, 0.1) is 0 Å². The average Bonchev–Trinajstić information content (AvgIpc) is 3.08. The quantitative estimate of drug-likeness (QED) is 0.740. The van der Waals surface area contributed by atoms with E-state index in [-0.39, 0.29) is 6.04 Å². The maximum atomic E-state index is 6.03. The summed E-state index contributed by atoms with van der Waals surface area (Å²) in [7, 11) is 0. The van der Waals surface area contributed by atoms with Crippen LogP contribution in [-0.4, -0.2) is 38.6 Å². The molecule has 1 aliphatic rings. The van der Waals surface area contributed by atoms with Gasteiger partial charge in [-0.1, -0.05) is 30.3 Å². The van der Waals surface area contributed by atoms with Gasteiger partial charge in [-0.25, -0.2) is 9.50 Å². The Balaban J connectivity index is 1.58. The summed E-state index contributed by atoms with van der Waals surface area (Å²) in [5, 5.41) is 7.94. The topological polar surface area (TPSA) is 71.5 Å². The molecule has 4 rings (SSSR count). The van der Waals surface area contributed by atoms with Crippen LogP contribution in [-0.2, 0) is 6.54 Å². The van der Waals surface area contributed by atoms with E-state index in [0.717, 1.165) is 43.8 Å². The predicted octanol–water partition coefficient (Wildman–Crippen LogP) is 2.83. The minimum Gasteiger partial charge on any atom is -0.362 e. The first-order valence-electron chi connectivity index (χ1n) is 9.31. The van der Waals surface area contributed by atoms with Gasteiger partial charge in [-0.2, -0.15) is 5.10 Å². The molecule has 3 N–H and O–H groups in total. The van der Waals surface area contributed by atoms with Gasteiger partial charge in [-0.3, -0.25) is 4.90 Å². The molecule has 3 heterocycles. The molecule has 6 heteroatoms. The summed E-state index contributed by atoms with van der Waals surface area (Å²) in [6.45, 7) is 5.17. The molecule has 0 amide bonds. The van der Waals surface area contributed by atoms with Gasteiger partial charge >= 0.3 is 0 Å². The molecular formula is C20H26N6. The zero-order valence-electron chi connectivity index (χ0n) is 15.2. The van der Waals surface area contributed by atoms with Crippen molar-refractivity contribution in [2.75, 3.05) is 18.4 Å². The van der Waals surface area contributed by atoms with Crippen molar-refractivity contribution in [3.8, 4) is 0 Å². The molecule has 0 saturated carbocycles. The van der Waals surface area contributed by atoms with Crippen LogP contribution >= 0.6 is 0 Å². The maximum absolute atomic E-state index is 6.03. The number of anilines is 1. The Morgan fingerprint density at radius 1 is 1.19 bits per heavy atom. The highest BCUT2D eigenvalue weighted by Gasteiger charge is 2.19. The molecule has 1 atom stereocenters. The van der Waals surface area contributed by atoms with Gasteiger partial charge < -0.3 is 11.1 Å². The summed E-state index contributed by atoms with van der Waals surface area (Å²) in [5.41, 5.74) is 9.59. The van der Waals surface area contributed by atoms with Crippen molar-refractivity contribution in [2.24, 2.45) is 5.73 Å². The summed E-state index contributed by atoms with van der Waals surface area (Å²) < 4.78 is 1.91. The molecule has 0 spiro atoms. The number of likely N-dealkylation sites (tertiary alicyclic amines) is 1. The first-order valence-corrected chi connectivity index (χ1v) is 9.31. The Hall–Kier alpha value is -2.44. The van der Waals surface area contributed by atoms with Gasteiger partial charge in [0.25, 0.3) is 0 Å². The number of benzene rings is 1. The Bertz CT molecular complexity index is 851. The first kappa shape index (κ1) is 17.0. The van der Waals surface area contributed by atoms with E-state index in [1.54, 1.807) is 6.33 Å². The molecule has 1 aliphatic heterocycles. The van der Waals surface area contributed by atoms with Crippen LogP contribution in [0.5, 0.6) is 0 Å². The van der Waals surface area contributed by atoms with Crippen molar-refractivity contribution < 1.29 is 0 Å². The summed E-state index contributed by atoms with van der Waals surface area (Å²) in [6.07, 6.45) is 5.76. The third-order valence-electron chi connectivity index (χ3n) is 5.22. The van der Waals surface area contributed by atoms with Crippen molar-refractivity contribution in [1.29, 1.82) is 0 Å². The predicted molar refractivity (Wildman–Crippen MR) is 104 cm³/mol. The molecule has 1 aromatic carbocycles. The molecule has 2 aromatic heterocycles. The number of nitrogens with one attached hydrogen (secondary N) is 1. The first-order chi connectivity index (χ1) is 12.7. The largest absolute Gasteiger partial charge is 0.362 e. The molecule has 1 saturated heterocycles. The van der Waals surface area contributed by atoms with Gasteiger partial charge in [0.15, 0.2) is 5.82 Å². The van der Waals surface area contributed by atoms with Crippen LogP contribution in [0.4, 0.5) is 5.82 Å². The SMILES string of the molecule is C[C@@H](Nc1ncnn2ccc(CN3CCC(N)CC3)c12)c1ccccc1. The van der Waals surface area contributed by atoms with Gasteiger partial charge in [-0.15, -0.1) is 0 Å². The second-order valence-electron chi connectivity index (χ2n) is 7.13. The highest BCUT2D eigenvalue weighted by Crippen LogP contribution is 2.25. The lowest BCUT2D eigenvalue weighted by atomic mass is 10.1. The van der Waals surface area contributed by atoms with E-state index in [0.29, 0.717) is 6.04 Å². The minimum atomic E-state index is 0.172. The summed E-state index contributed by atoms with van der Waals surface area (Å²) in [4.78, 5) is 7.00. The molecule has 0 bridgehead atoms. The standard InChI is InChI=1S/C20H26N6/c1-15(16-5-3-2-4-6-16)24-20-19-17(7-12-26(19)23-14-22-20)13-25-10-8-18(21)9-11-25/h2-7,12,14-15,18H,8-11,13,21H2,1H3,(H,22,23,24)/t15-/m1/s1. The average molecular weight is 350 g/mol. The van der Waals surface area contributed by atoms with Crippen molar-refractivity contribution >= 4 is 11.3 Å². The van der Waals surface area contributed by atoms with E-state index < -0.39 is 0 Å². The number of aromatic nitrogens is 3. The number of nitrogens with zero attached hydrogens (tertiary/aromatic N) is 4. The van der Waals surface area contributed by atoms with Gasteiger partial charge in [0.05, 0.1) is 6.04 Å². The Labute approximate surface area is 154 Å². The number of fused-ring (bicyclic) bond motifs is 1. The van der Waals surface area contributed by atoms with Crippen molar-refractivity contribution in [2.45, 2.75) is 38.4 Å². The molecule has 0 unspecified atom stereocenters. The van der Waals surface area contributed by atoms with E-state index in [1.165, 1.54) is 11.1 Å². The monoisotopic (exact) mass is 350 g/mol. The highest BCUT2D eigenvalue weighted by atomic mass is 15.3. The van der Waals surface area contributed by atoms with Gasteiger partial charge in [-0.05, 0) is 50.0 Å². The van der Waals surface area contributed by atoms with Crippen LogP contribution in [0.25, 0.3) is 5.52 Å². The highest BCUT2D eigenvalue weighted by molar-refractivity contribution is 5.72. The fourth-order valence-corrected chi connectivity index (χ4v) is 3.63. The zero-order valence-corrected chi connectivity index (χ0v) is 15.2. The third-order valence-corrected chi connectivity index (χ3v) is 5.22. The maximum Gasteiger partial charge on any atom is 0.154 e. The molecule has 1 fully saturated rings. The van der Waals surface area contributed by atoms with Crippen molar-refractivity contribution in [3.63, 3.8) is 0 Å². The van der Waals surface area contributed by atoms with E-state index >= 15 is 0 Å². The van der Waals surface area contributed by atoms with Gasteiger partial charge in [0.1, 0.15) is 11.8 Å². The van der Waals surface area contributed by atoms with E-state index in [2.05, 4.69) is 57.6 Å². The number of piperidine rings is 1. The van der Waals surface area contributed by atoms with Gasteiger partial charge in [0.2, 0.25) is 0 Å². The number of hydrogen-bond acceptors (Lipinski definition) is 5. The van der Waals surface area contributed by atoms with Crippen molar-refractivity contribution in [1.82, 2.24) is 19.5 Å². The Kier molecular flexibility index (Phi) is 4.86. The van der Waals surface area contributed by atoms with Gasteiger partial charge in [0, 0.05) is 18.8 Å². The fraction of sp³-hybridized carbons (Fsp3) is 0.400. The molecular weight excluding hydrogens is 324 g/mol. The molecule has 0 radical (unpaired) electrons. The van der Waals surface area contributed by atoms with Crippen LogP contribution in [0.3, 0.4) is 0 Å². The lowest BCUT2D eigenvalue weighted by Crippen LogP contribution is -2.39. The van der Waals surface area contributed by atoms with Crippen LogP contribution in [0.2, 0.25) is 0 Å². The van der Waals surface area contributed by atoms with E-state index in [4.69, 9.17) is 5.73 Å². The molecule has 0 aliphatic carbocycles. The van der Waals surface area contributed by atoms with Crippen LogP contribution in [0.15, 0.2) is 48.9 Å². The molecule has 26 heavy (non-hydrogen) atoms. The normalized spacial score (nSPS) is 17.5. The summed E-state index contributed by atoms with van der Waals surface area (Å²) in [5.74, 6) is 0.880. The van der Waals surface area contributed by atoms with Crippen molar-refractivity contribution in [3.05, 3.63) is 60.0 Å². The molecule has 6 nitrogen and oxygen atoms in total. The van der Waals surface area contributed by atoms with Crippen LogP contribution in [0.1, 0.15) is 36.9 Å². The lowest BCUT2D eigenvalue weighted by molar-refractivity contribution is 0.206. The summed E-state index contributed by atoms with van der Waals surface area (Å²) >= 11 is 0. The van der Waals surface area contributed by atoms with Crippen LogP contribution < -0.4 is 11.1 Å². The smallest absolute Gasteiger partial charge is 0.154 e. The number of hydrogen-bond donors (Lipinski definition) is 2. The molecule has 3 aromatic rings. The zero-order chi connectivity index (χ0) is 17.9. The second kappa shape index (κ2) is 7.43. The Morgan fingerprint density at radius 2 is 1.96 bits per heavy atom. The Morgan fingerprint density at radius 3 is 2.73 bits per heavy atom. The van der Waals surface area contributed by atoms with E-state index in [1.807, 2.05) is 16.8 Å². The molecule has 136 valence electrons. The third kappa shape index (κ3) is 3.57. The number of nitrogens with two attached hydrogens (primary N) is 1. The second-order valence-corrected chi connectivity index (χ2v) is 7.13. The fourth-order valence-electron chi connectivity index (χ4n) is 3.63. The number of rotatable bonds is 5. The summed E-state index contributed by atoms with van der Waals surface area (Å²) in [6, 6.07) is 13.1. The van der Waals surface area contributed by atoms with E-state index in [9.17, 15) is 0 Å². The minimum absolute atomic E-state index is 0.172.